The van der Waals surface area contributed by atoms with Gasteiger partial charge in [-0.1, -0.05) is 20.3 Å². The molecule has 3 heteroatoms. The summed E-state index contributed by atoms with van der Waals surface area (Å²) in [6, 6.07) is 0.461. The molecule has 1 rings (SSSR count). The zero-order valence-corrected chi connectivity index (χ0v) is 10.0. The third-order valence-corrected chi connectivity index (χ3v) is 3.38. The van der Waals surface area contributed by atoms with Crippen LogP contribution in [-0.2, 0) is 4.79 Å². The summed E-state index contributed by atoms with van der Waals surface area (Å²) in [6.07, 6.45) is 5.21. The first kappa shape index (κ1) is 12.5. The highest BCUT2D eigenvalue weighted by Gasteiger charge is 2.30. The average Bonchev–Trinajstić information content (AvgIpc) is 2.21. The first-order chi connectivity index (χ1) is 7.20. The highest BCUT2D eigenvalue weighted by Crippen LogP contribution is 2.26. The van der Waals surface area contributed by atoms with E-state index in [2.05, 4.69) is 18.7 Å². The monoisotopic (exact) mass is 212 g/mol. The second-order valence-electron chi connectivity index (χ2n) is 4.60. The summed E-state index contributed by atoms with van der Waals surface area (Å²) >= 11 is 0. The van der Waals surface area contributed by atoms with Crippen LogP contribution >= 0.6 is 0 Å². The lowest BCUT2D eigenvalue weighted by molar-refractivity contribution is -0.136. The lowest BCUT2D eigenvalue weighted by Gasteiger charge is -2.40. The predicted molar refractivity (Wildman–Crippen MR) is 62.5 cm³/mol. The highest BCUT2D eigenvalue weighted by molar-refractivity contribution is 5.76. The van der Waals surface area contributed by atoms with Gasteiger partial charge in [0.05, 0.1) is 0 Å². The highest BCUT2D eigenvalue weighted by atomic mass is 16.2. The van der Waals surface area contributed by atoms with Crippen molar-refractivity contribution in [2.75, 3.05) is 13.1 Å². The maximum Gasteiger partial charge on any atom is 0.224 e. The van der Waals surface area contributed by atoms with Gasteiger partial charge in [0.15, 0.2) is 0 Å². The van der Waals surface area contributed by atoms with E-state index >= 15 is 0 Å². The zero-order chi connectivity index (χ0) is 11.3. The Labute approximate surface area is 93.0 Å². The normalized spacial score (nSPS) is 26.7. The summed E-state index contributed by atoms with van der Waals surface area (Å²) in [5.74, 6) is 0.905. The van der Waals surface area contributed by atoms with Crippen molar-refractivity contribution in [2.24, 2.45) is 11.7 Å². The molecular formula is C12H24N2O. The number of nitrogens with zero attached hydrogens (tertiary/aromatic N) is 1. The van der Waals surface area contributed by atoms with Crippen LogP contribution in [0.5, 0.6) is 0 Å². The molecule has 2 N–H and O–H groups in total. The Morgan fingerprint density at radius 2 is 2.27 bits per heavy atom. The van der Waals surface area contributed by atoms with Crippen molar-refractivity contribution < 1.29 is 4.79 Å². The van der Waals surface area contributed by atoms with Gasteiger partial charge in [-0.25, -0.2) is 0 Å². The third kappa shape index (κ3) is 3.20. The topological polar surface area (TPSA) is 46.3 Å². The maximum atomic E-state index is 11.9. The lowest BCUT2D eigenvalue weighted by atomic mass is 9.88. The molecule has 3 nitrogen and oxygen atoms in total. The number of rotatable bonds is 4. The summed E-state index contributed by atoms with van der Waals surface area (Å²) in [4.78, 5) is 13.9. The van der Waals surface area contributed by atoms with E-state index in [1.807, 2.05) is 0 Å². The second kappa shape index (κ2) is 6.11. The van der Waals surface area contributed by atoms with Gasteiger partial charge >= 0.3 is 0 Å². The molecule has 2 atom stereocenters. The van der Waals surface area contributed by atoms with Crippen LogP contribution in [-0.4, -0.2) is 29.9 Å². The fourth-order valence-corrected chi connectivity index (χ4v) is 2.56. The lowest BCUT2D eigenvalue weighted by Crippen LogP contribution is -2.48. The van der Waals surface area contributed by atoms with Crippen molar-refractivity contribution in [1.82, 2.24) is 4.90 Å². The van der Waals surface area contributed by atoms with E-state index in [0.29, 0.717) is 24.9 Å². The van der Waals surface area contributed by atoms with Gasteiger partial charge in [-0.05, 0) is 25.2 Å². The van der Waals surface area contributed by atoms with Gasteiger partial charge in [0.1, 0.15) is 0 Å². The SMILES string of the molecule is CCCC1C(C)CCCN1C(=O)CCN. The number of amides is 1. The van der Waals surface area contributed by atoms with Crippen LogP contribution in [0.2, 0.25) is 0 Å². The molecule has 15 heavy (non-hydrogen) atoms. The molecule has 0 aromatic heterocycles. The van der Waals surface area contributed by atoms with Gasteiger partial charge in [-0.2, -0.15) is 0 Å². The molecule has 1 aliphatic rings. The minimum absolute atomic E-state index is 0.252. The molecule has 1 saturated heterocycles. The van der Waals surface area contributed by atoms with Crippen LogP contribution in [0, 0.1) is 5.92 Å². The van der Waals surface area contributed by atoms with Gasteiger partial charge in [-0.15, -0.1) is 0 Å². The first-order valence-electron chi connectivity index (χ1n) is 6.20. The van der Waals surface area contributed by atoms with E-state index < -0.39 is 0 Å². The Morgan fingerprint density at radius 3 is 2.87 bits per heavy atom. The summed E-state index contributed by atoms with van der Waals surface area (Å²) < 4.78 is 0. The van der Waals surface area contributed by atoms with Crippen molar-refractivity contribution >= 4 is 5.91 Å². The van der Waals surface area contributed by atoms with Crippen LogP contribution < -0.4 is 5.73 Å². The van der Waals surface area contributed by atoms with E-state index in [9.17, 15) is 4.79 Å². The number of carbonyl (C=O) groups is 1. The van der Waals surface area contributed by atoms with Gasteiger partial charge in [-0.3, -0.25) is 4.79 Å². The van der Waals surface area contributed by atoms with E-state index in [1.54, 1.807) is 0 Å². The number of nitrogens with two attached hydrogens (primary N) is 1. The summed E-state index contributed by atoms with van der Waals surface area (Å²) in [6.45, 7) is 5.87. The molecule has 2 unspecified atom stereocenters. The smallest absolute Gasteiger partial charge is 0.224 e. The summed E-state index contributed by atoms with van der Waals surface area (Å²) in [5.41, 5.74) is 5.44. The molecule has 1 amide bonds. The quantitative estimate of drug-likeness (QED) is 0.772. The first-order valence-corrected chi connectivity index (χ1v) is 6.20. The summed E-state index contributed by atoms with van der Waals surface area (Å²) in [5, 5.41) is 0. The number of carbonyl (C=O) groups excluding carboxylic acids is 1. The Bertz CT molecular complexity index is 206. The molecule has 0 radical (unpaired) electrons. The molecule has 0 saturated carbocycles. The van der Waals surface area contributed by atoms with Crippen LogP contribution in [0.25, 0.3) is 0 Å². The molecule has 0 spiro atoms. The number of piperidine rings is 1. The minimum Gasteiger partial charge on any atom is -0.339 e. The fourth-order valence-electron chi connectivity index (χ4n) is 2.56. The number of hydrogen-bond acceptors (Lipinski definition) is 2. The largest absolute Gasteiger partial charge is 0.339 e. The second-order valence-corrected chi connectivity index (χ2v) is 4.60. The Balaban J connectivity index is 2.61. The van der Waals surface area contributed by atoms with E-state index in [-0.39, 0.29) is 5.91 Å². The van der Waals surface area contributed by atoms with Gasteiger partial charge in [0.25, 0.3) is 0 Å². The zero-order valence-electron chi connectivity index (χ0n) is 10.0. The average molecular weight is 212 g/mol. The maximum absolute atomic E-state index is 11.9. The van der Waals surface area contributed by atoms with E-state index in [4.69, 9.17) is 5.73 Å². The molecular weight excluding hydrogens is 188 g/mol. The molecule has 1 aliphatic heterocycles. The van der Waals surface area contributed by atoms with E-state index in [1.165, 1.54) is 6.42 Å². The van der Waals surface area contributed by atoms with Crippen molar-refractivity contribution in [3.63, 3.8) is 0 Å². The molecule has 0 aromatic carbocycles. The van der Waals surface area contributed by atoms with Gasteiger partial charge in [0, 0.05) is 25.6 Å². The Kier molecular flexibility index (Phi) is 5.09. The van der Waals surface area contributed by atoms with Gasteiger partial charge in [0.2, 0.25) is 5.91 Å². The molecule has 1 heterocycles. The predicted octanol–water partition coefficient (Wildman–Crippen LogP) is 1.76. The standard InChI is InChI=1S/C12H24N2O/c1-3-5-11-10(2)6-4-9-14(11)12(15)7-8-13/h10-11H,3-9,13H2,1-2H3. The van der Waals surface area contributed by atoms with Crippen molar-refractivity contribution in [3.8, 4) is 0 Å². The molecule has 0 bridgehead atoms. The van der Waals surface area contributed by atoms with Crippen molar-refractivity contribution in [2.45, 2.75) is 52.0 Å². The molecule has 0 aromatic rings. The fraction of sp³-hybridized carbons (Fsp3) is 0.917. The number of hydrogen-bond donors (Lipinski definition) is 1. The van der Waals surface area contributed by atoms with Crippen LogP contribution in [0.3, 0.4) is 0 Å². The van der Waals surface area contributed by atoms with Crippen LogP contribution in [0.4, 0.5) is 0 Å². The molecule has 88 valence electrons. The molecule has 0 aliphatic carbocycles. The van der Waals surface area contributed by atoms with Crippen molar-refractivity contribution in [1.29, 1.82) is 0 Å². The van der Waals surface area contributed by atoms with Crippen molar-refractivity contribution in [3.05, 3.63) is 0 Å². The minimum atomic E-state index is 0.252. The molecule has 1 fully saturated rings. The Morgan fingerprint density at radius 1 is 1.53 bits per heavy atom. The van der Waals surface area contributed by atoms with Crippen LogP contribution in [0.1, 0.15) is 46.0 Å². The van der Waals surface area contributed by atoms with Crippen LogP contribution in [0.15, 0.2) is 0 Å². The Hall–Kier alpha value is -0.570. The third-order valence-electron chi connectivity index (χ3n) is 3.38. The van der Waals surface area contributed by atoms with E-state index in [0.717, 1.165) is 25.8 Å². The number of likely N-dealkylation sites (tertiary alicyclic amines) is 1. The summed E-state index contributed by atoms with van der Waals surface area (Å²) in [7, 11) is 0. The van der Waals surface area contributed by atoms with Gasteiger partial charge < -0.3 is 10.6 Å².